The van der Waals surface area contributed by atoms with Crippen LogP contribution in [0.25, 0.3) is 0 Å². The molecule has 7 heteroatoms. The standard InChI is InChI=1S/C12H14F3N3S/c1-7-4-6-19-11(7)10(8(2)16)18-5-3-9(17-18)12(13,14)15/h3-6,8,10H,16H2,1-2H3. The van der Waals surface area contributed by atoms with Gasteiger partial charge in [-0.25, -0.2) is 0 Å². The minimum absolute atomic E-state index is 0.335. The summed E-state index contributed by atoms with van der Waals surface area (Å²) in [6.45, 7) is 3.67. The van der Waals surface area contributed by atoms with Crippen molar-refractivity contribution in [3.63, 3.8) is 0 Å². The number of rotatable bonds is 3. The van der Waals surface area contributed by atoms with Crippen LogP contribution in [0, 0.1) is 6.92 Å². The SMILES string of the molecule is Cc1ccsc1C(C(C)N)n1ccc(C(F)(F)F)n1. The van der Waals surface area contributed by atoms with Crippen LogP contribution in [0.1, 0.15) is 29.1 Å². The number of aromatic nitrogens is 2. The molecule has 0 amide bonds. The highest BCUT2D eigenvalue weighted by molar-refractivity contribution is 7.10. The van der Waals surface area contributed by atoms with Crippen LogP contribution in [0.3, 0.4) is 0 Å². The van der Waals surface area contributed by atoms with Gasteiger partial charge in [-0.15, -0.1) is 11.3 Å². The monoisotopic (exact) mass is 289 g/mol. The number of aryl methyl sites for hydroxylation is 1. The third kappa shape index (κ3) is 2.82. The van der Waals surface area contributed by atoms with Crippen LogP contribution < -0.4 is 5.73 Å². The van der Waals surface area contributed by atoms with E-state index in [9.17, 15) is 13.2 Å². The van der Waals surface area contributed by atoms with E-state index in [4.69, 9.17) is 5.73 Å². The number of nitrogens with two attached hydrogens (primary N) is 1. The third-order valence-corrected chi connectivity index (χ3v) is 3.94. The third-order valence-electron chi connectivity index (χ3n) is 2.85. The van der Waals surface area contributed by atoms with Gasteiger partial charge in [-0.05, 0) is 36.9 Å². The largest absolute Gasteiger partial charge is 0.435 e. The lowest BCUT2D eigenvalue weighted by molar-refractivity contribution is -0.141. The summed E-state index contributed by atoms with van der Waals surface area (Å²) in [5.41, 5.74) is 6.03. The Balaban J connectivity index is 2.41. The second-order valence-electron chi connectivity index (χ2n) is 4.45. The highest BCUT2D eigenvalue weighted by Gasteiger charge is 2.34. The van der Waals surface area contributed by atoms with E-state index in [-0.39, 0.29) is 12.1 Å². The maximum atomic E-state index is 12.6. The first kappa shape index (κ1) is 14.1. The molecule has 3 nitrogen and oxygen atoms in total. The van der Waals surface area contributed by atoms with E-state index in [1.165, 1.54) is 22.2 Å². The molecule has 0 fully saturated rings. The number of halogens is 3. The van der Waals surface area contributed by atoms with Gasteiger partial charge >= 0.3 is 6.18 Å². The Morgan fingerprint density at radius 2 is 2.05 bits per heavy atom. The molecule has 2 heterocycles. The molecule has 0 bridgehead atoms. The Labute approximate surface area is 112 Å². The molecule has 0 spiro atoms. The molecule has 2 rings (SSSR count). The van der Waals surface area contributed by atoms with E-state index in [0.717, 1.165) is 16.5 Å². The maximum absolute atomic E-state index is 12.6. The van der Waals surface area contributed by atoms with Gasteiger partial charge in [-0.2, -0.15) is 18.3 Å². The first-order valence-corrected chi connectivity index (χ1v) is 6.60. The van der Waals surface area contributed by atoms with Gasteiger partial charge in [-0.3, -0.25) is 4.68 Å². The molecule has 2 aromatic heterocycles. The molecule has 2 atom stereocenters. The Bertz CT molecular complexity index is 557. The number of alkyl halides is 3. The normalized spacial score (nSPS) is 15.5. The van der Waals surface area contributed by atoms with Gasteiger partial charge in [0.1, 0.15) is 6.04 Å². The van der Waals surface area contributed by atoms with E-state index in [0.29, 0.717) is 0 Å². The van der Waals surface area contributed by atoms with Crippen LogP contribution in [-0.2, 0) is 6.18 Å². The van der Waals surface area contributed by atoms with Crippen molar-refractivity contribution in [2.75, 3.05) is 0 Å². The van der Waals surface area contributed by atoms with Gasteiger partial charge in [0.25, 0.3) is 0 Å². The first-order chi connectivity index (χ1) is 8.80. The lowest BCUT2D eigenvalue weighted by atomic mass is 10.1. The molecular formula is C12H14F3N3S. The van der Waals surface area contributed by atoms with Crippen molar-refractivity contribution >= 4 is 11.3 Å². The number of hydrogen-bond acceptors (Lipinski definition) is 3. The quantitative estimate of drug-likeness (QED) is 0.943. The molecule has 0 aliphatic carbocycles. The predicted octanol–water partition coefficient (Wildman–Crippen LogP) is 3.21. The Kier molecular flexibility index (Phi) is 3.69. The molecule has 2 N–H and O–H groups in total. The number of hydrogen-bond donors (Lipinski definition) is 1. The summed E-state index contributed by atoms with van der Waals surface area (Å²) >= 11 is 1.48. The van der Waals surface area contributed by atoms with Gasteiger partial charge in [0.2, 0.25) is 0 Å². The van der Waals surface area contributed by atoms with Crippen LogP contribution in [0.4, 0.5) is 13.2 Å². The van der Waals surface area contributed by atoms with E-state index in [2.05, 4.69) is 5.10 Å². The zero-order chi connectivity index (χ0) is 14.2. The van der Waals surface area contributed by atoms with Gasteiger partial charge in [0, 0.05) is 17.1 Å². The van der Waals surface area contributed by atoms with E-state index < -0.39 is 11.9 Å². The fourth-order valence-electron chi connectivity index (χ4n) is 1.93. The summed E-state index contributed by atoms with van der Waals surface area (Å²) in [6.07, 6.45) is -3.10. The summed E-state index contributed by atoms with van der Waals surface area (Å²) in [7, 11) is 0. The molecule has 2 aromatic rings. The lowest BCUT2D eigenvalue weighted by Crippen LogP contribution is -2.30. The average Bonchev–Trinajstić information content (AvgIpc) is 2.88. The second kappa shape index (κ2) is 4.97. The van der Waals surface area contributed by atoms with Crippen molar-refractivity contribution in [2.45, 2.75) is 32.1 Å². The van der Waals surface area contributed by atoms with E-state index >= 15 is 0 Å². The van der Waals surface area contributed by atoms with Gasteiger partial charge in [0.15, 0.2) is 5.69 Å². The summed E-state index contributed by atoms with van der Waals surface area (Å²) < 4.78 is 39.0. The first-order valence-electron chi connectivity index (χ1n) is 5.72. The van der Waals surface area contributed by atoms with Gasteiger partial charge < -0.3 is 5.73 Å². The Morgan fingerprint density at radius 3 is 2.47 bits per heavy atom. The van der Waals surface area contributed by atoms with Crippen LogP contribution in [0.15, 0.2) is 23.7 Å². The molecule has 0 saturated carbocycles. The summed E-state index contributed by atoms with van der Waals surface area (Å²) in [6, 6.07) is 2.18. The highest BCUT2D eigenvalue weighted by Crippen LogP contribution is 2.32. The van der Waals surface area contributed by atoms with Gasteiger partial charge in [-0.1, -0.05) is 0 Å². The Hall–Kier alpha value is -1.34. The molecule has 0 radical (unpaired) electrons. The van der Waals surface area contributed by atoms with E-state index in [1.54, 1.807) is 6.92 Å². The van der Waals surface area contributed by atoms with Crippen molar-refractivity contribution < 1.29 is 13.2 Å². The molecule has 104 valence electrons. The predicted molar refractivity (Wildman–Crippen MR) is 68.1 cm³/mol. The molecule has 0 aliphatic heterocycles. The summed E-state index contributed by atoms with van der Waals surface area (Å²) in [4.78, 5) is 0.937. The fraction of sp³-hybridized carbons (Fsp3) is 0.417. The van der Waals surface area contributed by atoms with E-state index in [1.807, 2.05) is 18.4 Å². The fourth-order valence-corrected chi connectivity index (χ4v) is 3.07. The molecule has 0 aliphatic rings. The molecule has 19 heavy (non-hydrogen) atoms. The van der Waals surface area contributed by atoms with Crippen molar-refractivity contribution in [3.05, 3.63) is 39.8 Å². The second-order valence-corrected chi connectivity index (χ2v) is 5.40. The Morgan fingerprint density at radius 1 is 1.37 bits per heavy atom. The smallest absolute Gasteiger partial charge is 0.326 e. The molecule has 2 unspecified atom stereocenters. The molecular weight excluding hydrogens is 275 g/mol. The lowest BCUT2D eigenvalue weighted by Gasteiger charge is -2.21. The van der Waals surface area contributed by atoms with Crippen LogP contribution in [0.5, 0.6) is 0 Å². The maximum Gasteiger partial charge on any atom is 0.435 e. The van der Waals surface area contributed by atoms with Crippen molar-refractivity contribution in [3.8, 4) is 0 Å². The number of thiophene rings is 1. The van der Waals surface area contributed by atoms with Crippen molar-refractivity contribution in [2.24, 2.45) is 5.73 Å². The van der Waals surface area contributed by atoms with Gasteiger partial charge in [0.05, 0.1) is 0 Å². The summed E-state index contributed by atoms with van der Waals surface area (Å²) in [5, 5.41) is 5.52. The zero-order valence-corrected chi connectivity index (χ0v) is 11.3. The minimum Gasteiger partial charge on any atom is -0.326 e. The highest BCUT2D eigenvalue weighted by atomic mass is 32.1. The van der Waals surface area contributed by atoms with Crippen LogP contribution in [-0.4, -0.2) is 15.8 Å². The van der Waals surface area contributed by atoms with Crippen LogP contribution >= 0.6 is 11.3 Å². The molecule has 0 saturated heterocycles. The van der Waals surface area contributed by atoms with Crippen molar-refractivity contribution in [1.82, 2.24) is 9.78 Å². The average molecular weight is 289 g/mol. The summed E-state index contributed by atoms with van der Waals surface area (Å²) in [5.74, 6) is 0. The number of nitrogens with zero attached hydrogens (tertiary/aromatic N) is 2. The minimum atomic E-state index is -4.43. The van der Waals surface area contributed by atoms with Crippen LogP contribution in [0.2, 0.25) is 0 Å². The topological polar surface area (TPSA) is 43.8 Å². The van der Waals surface area contributed by atoms with Crippen molar-refractivity contribution in [1.29, 1.82) is 0 Å². The zero-order valence-electron chi connectivity index (χ0n) is 10.5. The molecule has 0 aromatic carbocycles.